The van der Waals surface area contributed by atoms with Gasteiger partial charge in [-0.1, -0.05) is 31.5 Å². The minimum atomic E-state index is -0.560. The van der Waals surface area contributed by atoms with Gasteiger partial charge in [-0.25, -0.2) is 4.79 Å². The molecule has 2 aromatic carbocycles. The third-order valence-corrected chi connectivity index (χ3v) is 4.29. The molecule has 3 aromatic rings. The number of carbonyl (C=O) groups excluding carboxylic acids is 1. The van der Waals surface area contributed by atoms with Gasteiger partial charge in [0.2, 0.25) is 0 Å². The molecule has 0 saturated carbocycles. The zero-order valence-electron chi connectivity index (χ0n) is 15.8. The molecule has 148 valence electrons. The van der Waals surface area contributed by atoms with Crippen LogP contribution < -0.4 is 5.56 Å². The molecule has 8 heteroatoms. The molecule has 0 aliphatic rings. The summed E-state index contributed by atoms with van der Waals surface area (Å²) in [6.07, 6.45) is 5.76. The van der Waals surface area contributed by atoms with Crippen molar-refractivity contribution in [2.75, 3.05) is 6.61 Å². The van der Waals surface area contributed by atoms with Crippen molar-refractivity contribution in [3.05, 3.63) is 80.8 Å². The predicted octanol–water partition coefficient (Wildman–Crippen LogP) is 3.65. The second kappa shape index (κ2) is 8.92. The molecule has 0 amide bonds. The normalized spacial score (nSPS) is 11.1. The van der Waals surface area contributed by atoms with Gasteiger partial charge in [0.05, 0.1) is 28.8 Å². The lowest BCUT2D eigenvalue weighted by Crippen LogP contribution is -2.21. The van der Waals surface area contributed by atoms with Crippen molar-refractivity contribution in [2.45, 2.75) is 19.8 Å². The van der Waals surface area contributed by atoms with E-state index in [1.807, 2.05) is 6.92 Å². The molecule has 0 radical (unpaired) electrons. The van der Waals surface area contributed by atoms with E-state index in [1.54, 1.807) is 30.5 Å². The zero-order chi connectivity index (χ0) is 20.8. The maximum absolute atomic E-state index is 12.9. The Balaban J connectivity index is 2.05. The summed E-state index contributed by atoms with van der Waals surface area (Å²) in [7, 11) is 0. The third-order valence-electron chi connectivity index (χ3n) is 4.29. The van der Waals surface area contributed by atoms with Crippen LogP contribution in [0.5, 0.6) is 0 Å². The van der Waals surface area contributed by atoms with E-state index in [2.05, 4.69) is 5.10 Å². The Kier molecular flexibility index (Phi) is 6.13. The molecule has 0 atom stereocenters. The van der Waals surface area contributed by atoms with Gasteiger partial charge in [0.15, 0.2) is 0 Å². The first-order chi connectivity index (χ1) is 14.0. The van der Waals surface area contributed by atoms with Gasteiger partial charge in [-0.2, -0.15) is 9.78 Å². The van der Waals surface area contributed by atoms with Crippen molar-refractivity contribution < 1.29 is 14.5 Å². The molecule has 0 aliphatic heterocycles. The largest absolute Gasteiger partial charge is 0.463 e. The lowest BCUT2D eigenvalue weighted by atomic mass is 10.1. The van der Waals surface area contributed by atoms with E-state index in [0.29, 0.717) is 28.6 Å². The van der Waals surface area contributed by atoms with Gasteiger partial charge in [-0.15, -0.1) is 0 Å². The van der Waals surface area contributed by atoms with Crippen LogP contribution in [-0.2, 0) is 9.53 Å². The zero-order valence-corrected chi connectivity index (χ0v) is 15.8. The van der Waals surface area contributed by atoms with Gasteiger partial charge in [0, 0.05) is 29.2 Å². The Bertz CT molecular complexity index is 1150. The van der Waals surface area contributed by atoms with Gasteiger partial charge >= 0.3 is 5.97 Å². The van der Waals surface area contributed by atoms with Crippen LogP contribution in [0.1, 0.15) is 25.3 Å². The summed E-state index contributed by atoms with van der Waals surface area (Å²) >= 11 is 0. The second-order valence-corrected chi connectivity index (χ2v) is 6.30. The maximum Gasteiger partial charge on any atom is 0.330 e. The van der Waals surface area contributed by atoms with Gasteiger partial charge in [-0.3, -0.25) is 14.9 Å². The Morgan fingerprint density at radius 3 is 2.83 bits per heavy atom. The van der Waals surface area contributed by atoms with Crippen molar-refractivity contribution >= 4 is 28.5 Å². The molecule has 0 N–H and O–H groups in total. The summed E-state index contributed by atoms with van der Waals surface area (Å²) in [6, 6.07) is 11.0. The molecule has 1 heterocycles. The molecular formula is C21H19N3O5. The first kappa shape index (κ1) is 19.9. The number of rotatable bonds is 7. The van der Waals surface area contributed by atoms with Crippen LogP contribution in [-0.4, -0.2) is 27.3 Å². The quantitative estimate of drug-likeness (QED) is 0.199. The summed E-state index contributed by atoms with van der Waals surface area (Å²) in [5, 5.41) is 16.5. The highest BCUT2D eigenvalue weighted by atomic mass is 16.6. The number of benzene rings is 2. The number of nitro benzene ring substituents is 1. The molecule has 1 aromatic heterocycles. The summed E-state index contributed by atoms with van der Waals surface area (Å²) in [5.41, 5.74) is 0.0965. The smallest absolute Gasteiger partial charge is 0.330 e. The van der Waals surface area contributed by atoms with Gasteiger partial charge in [0.25, 0.3) is 11.2 Å². The van der Waals surface area contributed by atoms with Gasteiger partial charge in [-0.05, 0) is 24.6 Å². The Labute approximate surface area is 166 Å². The number of unbranched alkanes of at least 4 members (excludes halogenated alkanes) is 1. The van der Waals surface area contributed by atoms with E-state index in [-0.39, 0.29) is 11.2 Å². The van der Waals surface area contributed by atoms with Crippen molar-refractivity contribution in [1.29, 1.82) is 0 Å². The van der Waals surface area contributed by atoms with E-state index in [1.165, 1.54) is 30.4 Å². The highest BCUT2D eigenvalue weighted by Crippen LogP contribution is 2.22. The highest BCUT2D eigenvalue weighted by Gasteiger charge is 2.14. The van der Waals surface area contributed by atoms with Crippen molar-refractivity contribution in [2.24, 2.45) is 0 Å². The average molecular weight is 393 g/mol. The first-order valence-electron chi connectivity index (χ1n) is 9.12. The predicted molar refractivity (Wildman–Crippen MR) is 109 cm³/mol. The van der Waals surface area contributed by atoms with E-state index < -0.39 is 10.9 Å². The van der Waals surface area contributed by atoms with Crippen LogP contribution in [0.4, 0.5) is 5.69 Å². The van der Waals surface area contributed by atoms with Crippen molar-refractivity contribution in [3.63, 3.8) is 0 Å². The minimum Gasteiger partial charge on any atom is -0.463 e. The molecule has 8 nitrogen and oxygen atoms in total. The Hall–Kier alpha value is -3.81. The van der Waals surface area contributed by atoms with Crippen LogP contribution >= 0.6 is 0 Å². The number of fused-ring (bicyclic) bond motifs is 1. The van der Waals surface area contributed by atoms with E-state index >= 15 is 0 Å². The highest BCUT2D eigenvalue weighted by molar-refractivity contribution is 5.88. The SMILES string of the molecule is CCCCOC(=O)/C=C/c1cc([N+](=O)[O-])ccc1-n1ncc2ccccc2c1=O. The number of nitrogens with zero attached hydrogens (tertiary/aromatic N) is 3. The van der Waals surface area contributed by atoms with Crippen molar-refractivity contribution in [1.82, 2.24) is 9.78 Å². The molecule has 0 fully saturated rings. The van der Waals surface area contributed by atoms with E-state index in [9.17, 15) is 19.7 Å². The molecule has 0 unspecified atom stereocenters. The van der Waals surface area contributed by atoms with Gasteiger partial charge in [0.1, 0.15) is 0 Å². The van der Waals surface area contributed by atoms with Crippen LogP contribution in [0, 0.1) is 10.1 Å². The van der Waals surface area contributed by atoms with E-state index in [4.69, 9.17) is 4.74 Å². The molecule has 3 rings (SSSR count). The summed E-state index contributed by atoms with van der Waals surface area (Å²) in [4.78, 5) is 35.4. The van der Waals surface area contributed by atoms with Crippen LogP contribution in [0.3, 0.4) is 0 Å². The Morgan fingerprint density at radius 2 is 2.07 bits per heavy atom. The minimum absolute atomic E-state index is 0.165. The molecule has 29 heavy (non-hydrogen) atoms. The fourth-order valence-corrected chi connectivity index (χ4v) is 2.77. The monoisotopic (exact) mass is 393 g/mol. The number of non-ortho nitro benzene ring substituents is 1. The lowest BCUT2D eigenvalue weighted by molar-refractivity contribution is -0.384. The maximum atomic E-state index is 12.9. The standard InChI is InChI=1S/C21H19N3O5/c1-2-3-12-29-20(25)11-8-15-13-17(24(27)28)9-10-19(15)23-21(26)18-7-5-4-6-16(18)14-22-23/h4-11,13-14H,2-3,12H2,1H3/b11-8+. The van der Waals surface area contributed by atoms with Crippen molar-refractivity contribution in [3.8, 4) is 5.69 Å². The molecule has 0 saturated heterocycles. The lowest BCUT2D eigenvalue weighted by Gasteiger charge is -2.09. The topological polar surface area (TPSA) is 104 Å². The molecule has 0 aliphatic carbocycles. The second-order valence-electron chi connectivity index (χ2n) is 6.30. The number of aromatic nitrogens is 2. The third kappa shape index (κ3) is 4.55. The number of esters is 1. The summed E-state index contributed by atoms with van der Waals surface area (Å²) in [5.74, 6) is -0.560. The number of nitro groups is 1. The summed E-state index contributed by atoms with van der Waals surface area (Å²) in [6.45, 7) is 2.28. The number of ether oxygens (including phenoxy) is 1. The molecule has 0 bridgehead atoms. The number of carbonyl (C=O) groups is 1. The van der Waals surface area contributed by atoms with E-state index in [0.717, 1.165) is 17.5 Å². The first-order valence-corrected chi connectivity index (χ1v) is 9.12. The fraction of sp³-hybridized carbons (Fsp3) is 0.190. The van der Waals surface area contributed by atoms with Crippen LogP contribution in [0.15, 0.2) is 59.5 Å². The number of hydrogen-bond acceptors (Lipinski definition) is 6. The van der Waals surface area contributed by atoms with Crippen LogP contribution in [0.25, 0.3) is 22.5 Å². The molecule has 0 spiro atoms. The molecular weight excluding hydrogens is 374 g/mol. The fourth-order valence-electron chi connectivity index (χ4n) is 2.77. The number of hydrogen-bond donors (Lipinski definition) is 0. The van der Waals surface area contributed by atoms with Crippen LogP contribution in [0.2, 0.25) is 0 Å². The van der Waals surface area contributed by atoms with Gasteiger partial charge < -0.3 is 4.74 Å². The Morgan fingerprint density at radius 1 is 1.28 bits per heavy atom. The average Bonchev–Trinajstić information content (AvgIpc) is 2.73. The summed E-state index contributed by atoms with van der Waals surface area (Å²) < 4.78 is 6.23.